The van der Waals surface area contributed by atoms with Crippen LogP contribution in [0.15, 0.2) is 23.1 Å². The lowest BCUT2D eigenvalue weighted by molar-refractivity contribution is 0.505. The van der Waals surface area contributed by atoms with Gasteiger partial charge in [0.15, 0.2) is 0 Å². The van der Waals surface area contributed by atoms with E-state index in [0.717, 1.165) is 17.7 Å². The van der Waals surface area contributed by atoms with Crippen LogP contribution in [0.4, 0.5) is 0 Å². The van der Waals surface area contributed by atoms with Crippen molar-refractivity contribution in [3.05, 3.63) is 28.8 Å². The minimum atomic E-state index is -0.906. The Balaban J connectivity index is 2.24. The van der Waals surface area contributed by atoms with Crippen LogP contribution in [-0.4, -0.2) is 9.46 Å². The molecule has 1 atom stereocenters. The molecule has 0 amide bonds. The SMILES string of the molecule is CC(C)c1ccc(S(=O)C2CCC2)c(Cl)c1. The van der Waals surface area contributed by atoms with Gasteiger partial charge in [-0.3, -0.25) is 4.21 Å². The van der Waals surface area contributed by atoms with Gasteiger partial charge in [0.1, 0.15) is 0 Å². The van der Waals surface area contributed by atoms with Crippen LogP contribution in [0.5, 0.6) is 0 Å². The molecule has 3 heteroatoms. The van der Waals surface area contributed by atoms with Gasteiger partial charge in [0.25, 0.3) is 0 Å². The van der Waals surface area contributed by atoms with Crippen LogP contribution in [0, 0.1) is 0 Å². The van der Waals surface area contributed by atoms with E-state index in [1.807, 2.05) is 18.2 Å². The van der Waals surface area contributed by atoms with Crippen LogP contribution in [0.3, 0.4) is 0 Å². The fourth-order valence-corrected chi connectivity index (χ4v) is 3.79. The van der Waals surface area contributed by atoms with Crippen LogP contribution in [-0.2, 0) is 10.8 Å². The van der Waals surface area contributed by atoms with E-state index in [1.54, 1.807) is 0 Å². The first-order chi connectivity index (χ1) is 7.59. The Kier molecular flexibility index (Phi) is 3.70. The quantitative estimate of drug-likeness (QED) is 0.795. The van der Waals surface area contributed by atoms with Gasteiger partial charge >= 0.3 is 0 Å². The highest BCUT2D eigenvalue weighted by atomic mass is 35.5. The zero-order chi connectivity index (χ0) is 11.7. The molecule has 1 aromatic rings. The first-order valence-electron chi connectivity index (χ1n) is 5.79. The van der Waals surface area contributed by atoms with Crippen molar-refractivity contribution in [2.24, 2.45) is 0 Å². The van der Waals surface area contributed by atoms with Crippen molar-refractivity contribution in [2.75, 3.05) is 0 Å². The normalized spacial score (nSPS) is 18.5. The van der Waals surface area contributed by atoms with Gasteiger partial charge in [0.2, 0.25) is 0 Å². The summed E-state index contributed by atoms with van der Waals surface area (Å²) in [5.74, 6) is 0.462. The summed E-state index contributed by atoms with van der Waals surface area (Å²) in [5, 5.41) is 0.999. The summed E-state index contributed by atoms with van der Waals surface area (Å²) >= 11 is 6.20. The molecular weight excluding hydrogens is 240 g/mol. The Morgan fingerprint density at radius 1 is 1.38 bits per heavy atom. The number of halogens is 1. The minimum absolute atomic E-state index is 0.336. The third-order valence-corrected chi connectivity index (χ3v) is 5.49. The van der Waals surface area contributed by atoms with E-state index < -0.39 is 10.8 Å². The summed E-state index contributed by atoms with van der Waals surface area (Å²) in [6.07, 6.45) is 3.36. The van der Waals surface area contributed by atoms with Crippen LogP contribution in [0.1, 0.15) is 44.6 Å². The van der Waals surface area contributed by atoms with E-state index in [4.69, 9.17) is 11.6 Å². The summed E-state index contributed by atoms with van der Waals surface area (Å²) < 4.78 is 12.2. The molecule has 1 aliphatic carbocycles. The highest BCUT2D eigenvalue weighted by Crippen LogP contribution is 2.32. The second-order valence-corrected chi connectivity index (χ2v) is 6.80. The monoisotopic (exact) mass is 256 g/mol. The third-order valence-electron chi connectivity index (χ3n) is 3.19. The zero-order valence-corrected chi connectivity index (χ0v) is 11.3. The van der Waals surface area contributed by atoms with Gasteiger partial charge < -0.3 is 0 Å². The van der Waals surface area contributed by atoms with E-state index in [1.165, 1.54) is 12.0 Å². The Hall–Kier alpha value is -0.340. The molecule has 0 heterocycles. The lowest BCUT2D eigenvalue weighted by atomic mass is 10.00. The maximum atomic E-state index is 12.2. The van der Waals surface area contributed by atoms with Crippen molar-refractivity contribution in [1.29, 1.82) is 0 Å². The molecule has 0 saturated heterocycles. The van der Waals surface area contributed by atoms with E-state index in [-0.39, 0.29) is 0 Å². The molecule has 1 saturated carbocycles. The van der Waals surface area contributed by atoms with Gasteiger partial charge in [-0.2, -0.15) is 0 Å². The second-order valence-electron chi connectivity index (χ2n) is 4.69. The number of hydrogen-bond donors (Lipinski definition) is 0. The van der Waals surface area contributed by atoms with Crippen molar-refractivity contribution in [3.63, 3.8) is 0 Å². The molecule has 16 heavy (non-hydrogen) atoms. The highest BCUT2D eigenvalue weighted by Gasteiger charge is 2.26. The van der Waals surface area contributed by atoms with Crippen molar-refractivity contribution in [1.82, 2.24) is 0 Å². The fourth-order valence-electron chi connectivity index (χ4n) is 1.80. The average Bonchev–Trinajstić information content (AvgIpc) is 2.14. The lowest BCUT2D eigenvalue weighted by Crippen LogP contribution is -2.23. The summed E-state index contributed by atoms with van der Waals surface area (Å²) in [4.78, 5) is 0.816. The highest BCUT2D eigenvalue weighted by molar-refractivity contribution is 7.85. The largest absolute Gasteiger partial charge is 0.254 e. The van der Waals surface area contributed by atoms with E-state index in [0.29, 0.717) is 16.2 Å². The molecule has 1 nitrogen and oxygen atoms in total. The van der Waals surface area contributed by atoms with Gasteiger partial charge in [0, 0.05) is 5.25 Å². The summed E-state index contributed by atoms with van der Waals surface area (Å²) in [5.41, 5.74) is 1.21. The standard InChI is InChI=1S/C13H17ClOS/c1-9(2)10-6-7-13(12(14)8-10)16(15)11-4-3-5-11/h6-9,11H,3-5H2,1-2H3. The first-order valence-corrected chi connectivity index (χ1v) is 7.38. The van der Waals surface area contributed by atoms with Gasteiger partial charge in [-0.25, -0.2) is 0 Å². The van der Waals surface area contributed by atoms with E-state index in [2.05, 4.69) is 13.8 Å². The molecule has 2 rings (SSSR count). The van der Waals surface area contributed by atoms with E-state index >= 15 is 0 Å². The Labute approximate surface area is 105 Å². The van der Waals surface area contributed by atoms with Crippen LogP contribution < -0.4 is 0 Å². The molecular formula is C13H17ClOS. The predicted octanol–water partition coefficient (Wildman–Crippen LogP) is 4.12. The molecule has 0 aromatic heterocycles. The molecule has 1 unspecified atom stereocenters. The van der Waals surface area contributed by atoms with E-state index in [9.17, 15) is 4.21 Å². The van der Waals surface area contributed by atoms with Crippen molar-refractivity contribution >= 4 is 22.4 Å². The Morgan fingerprint density at radius 3 is 2.50 bits per heavy atom. The lowest BCUT2D eigenvalue weighted by Gasteiger charge is -2.25. The Bertz CT molecular complexity index is 410. The summed E-state index contributed by atoms with van der Waals surface area (Å²) in [6.45, 7) is 4.27. The van der Waals surface area contributed by atoms with Crippen molar-refractivity contribution < 1.29 is 4.21 Å². The number of hydrogen-bond acceptors (Lipinski definition) is 1. The molecule has 1 aliphatic rings. The predicted molar refractivity (Wildman–Crippen MR) is 69.6 cm³/mol. The van der Waals surface area contributed by atoms with Crippen molar-refractivity contribution in [3.8, 4) is 0 Å². The molecule has 0 N–H and O–H groups in total. The zero-order valence-electron chi connectivity index (χ0n) is 9.70. The van der Waals surface area contributed by atoms with Crippen LogP contribution >= 0.6 is 11.6 Å². The topological polar surface area (TPSA) is 17.1 Å². The number of benzene rings is 1. The molecule has 0 aliphatic heterocycles. The number of rotatable bonds is 3. The third kappa shape index (κ3) is 2.33. The maximum absolute atomic E-state index is 12.2. The Morgan fingerprint density at radius 2 is 2.06 bits per heavy atom. The molecule has 88 valence electrons. The van der Waals surface area contributed by atoms with Gasteiger partial charge in [-0.05, 0) is 36.5 Å². The summed E-state index contributed by atoms with van der Waals surface area (Å²) in [6, 6.07) is 5.94. The molecule has 1 fully saturated rings. The molecule has 1 aromatic carbocycles. The molecule has 0 bridgehead atoms. The second kappa shape index (κ2) is 4.89. The van der Waals surface area contributed by atoms with Crippen LogP contribution in [0.25, 0.3) is 0 Å². The van der Waals surface area contributed by atoms with Crippen molar-refractivity contribution in [2.45, 2.75) is 49.2 Å². The van der Waals surface area contributed by atoms with Gasteiger partial charge in [-0.15, -0.1) is 0 Å². The van der Waals surface area contributed by atoms with Crippen LogP contribution in [0.2, 0.25) is 5.02 Å². The van der Waals surface area contributed by atoms with Gasteiger partial charge in [0.05, 0.1) is 20.7 Å². The average molecular weight is 257 g/mol. The fraction of sp³-hybridized carbons (Fsp3) is 0.538. The first kappa shape index (κ1) is 12.1. The minimum Gasteiger partial charge on any atom is -0.254 e. The molecule has 0 radical (unpaired) electrons. The van der Waals surface area contributed by atoms with Gasteiger partial charge in [-0.1, -0.05) is 37.9 Å². The summed E-state index contributed by atoms with van der Waals surface area (Å²) in [7, 11) is -0.906. The maximum Gasteiger partial charge on any atom is 0.0577 e. The smallest absolute Gasteiger partial charge is 0.0577 e. The molecule has 0 spiro atoms.